The van der Waals surface area contributed by atoms with Crippen molar-refractivity contribution >= 4 is 51.1 Å². The van der Waals surface area contributed by atoms with Gasteiger partial charge in [-0.25, -0.2) is 0 Å². The van der Waals surface area contributed by atoms with Crippen molar-refractivity contribution in [1.82, 2.24) is 19.8 Å². The van der Waals surface area contributed by atoms with Gasteiger partial charge in [-0.05, 0) is 43.3 Å². The molecule has 2 aromatic heterocycles. The second-order valence-electron chi connectivity index (χ2n) is 5.84. The average Bonchev–Trinajstić information content (AvgIpc) is 3.24. The summed E-state index contributed by atoms with van der Waals surface area (Å²) in [6.45, 7) is 1.83. The summed E-state index contributed by atoms with van der Waals surface area (Å²) in [6.07, 6.45) is 0. The Hall–Kier alpha value is -2.68. The van der Waals surface area contributed by atoms with E-state index >= 15 is 0 Å². The molecule has 1 amide bonds. The molecule has 10 heteroatoms. The van der Waals surface area contributed by atoms with E-state index in [1.54, 1.807) is 28.8 Å². The number of rotatable bonds is 4. The second kappa shape index (κ2) is 7.38. The van der Waals surface area contributed by atoms with Crippen LogP contribution < -0.4 is 10.1 Å². The standard InChI is InChI=1S/C18H13Cl2N5O2S/c1-9-22-23-18-25(9)24-17(28-18)10-3-6-15(27-2)14(7-10)21-16(26)12-5-4-11(19)8-13(12)20/h3-8H,1-2H3,(H,21,26). The van der Waals surface area contributed by atoms with Gasteiger partial charge < -0.3 is 10.1 Å². The quantitative estimate of drug-likeness (QED) is 0.502. The maximum Gasteiger partial charge on any atom is 0.257 e. The number of nitrogens with zero attached hydrogens (tertiary/aromatic N) is 4. The van der Waals surface area contributed by atoms with E-state index in [1.807, 2.05) is 13.0 Å². The summed E-state index contributed by atoms with van der Waals surface area (Å²) in [5.74, 6) is 0.851. The molecular formula is C18H13Cl2N5O2S. The van der Waals surface area contributed by atoms with E-state index in [0.717, 1.165) is 10.6 Å². The molecule has 0 fully saturated rings. The van der Waals surface area contributed by atoms with Crippen LogP contribution in [-0.2, 0) is 0 Å². The lowest BCUT2D eigenvalue weighted by atomic mass is 10.1. The van der Waals surface area contributed by atoms with E-state index in [9.17, 15) is 4.79 Å². The number of fused-ring (bicyclic) bond motifs is 1. The van der Waals surface area contributed by atoms with E-state index in [4.69, 9.17) is 27.9 Å². The molecule has 4 aromatic rings. The molecule has 0 unspecified atom stereocenters. The van der Waals surface area contributed by atoms with E-state index in [0.29, 0.717) is 32.8 Å². The van der Waals surface area contributed by atoms with Gasteiger partial charge in [0.15, 0.2) is 5.82 Å². The highest BCUT2D eigenvalue weighted by Gasteiger charge is 2.16. The number of nitrogens with one attached hydrogen (secondary N) is 1. The van der Waals surface area contributed by atoms with Gasteiger partial charge >= 0.3 is 0 Å². The minimum Gasteiger partial charge on any atom is -0.495 e. The minimum atomic E-state index is -0.369. The highest BCUT2D eigenvalue weighted by Crippen LogP contribution is 2.33. The first-order valence-electron chi connectivity index (χ1n) is 8.10. The predicted octanol–water partition coefficient (Wildman–Crippen LogP) is 4.73. The summed E-state index contributed by atoms with van der Waals surface area (Å²) >= 11 is 13.4. The third-order valence-electron chi connectivity index (χ3n) is 4.02. The Morgan fingerprint density at radius 1 is 1.18 bits per heavy atom. The van der Waals surface area contributed by atoms with Gasteiger partial charge in [0, 0.05) is 10.6 Å². The smallest absolute Gasteiger partial charge is 0.257 e. The van der Waals surface area contributed by atoms with Crippen LogP contribution >= 0.6 is 34.5 Å². The third kappa shape index (κ3) is 3.42. The molecule has 0 aliphatic carbocycles. The molecule has 28 heavy (non-hydrogen) atoms. The molecule has 0 saturated heterocycles. The van der Waals surface area contributed by atoms with Crippen LogP contribution in [0, 0.1) is 6.92 Å². The third-order valence-corrected chi connectivity index (χ3v) is 5.51. The van der Waals surface area contributed by atoms with Crippen LogP contribution in [0.1, 0.15) is 16.2 Å². The van der Waals surface area contributed by atoms with Gasteiger partial charge in [-0.2, -0.15) is 9.61 Å². The molecule has 0 aliphatic rings. The molecule has 0 spiro atoms. The lowest BCUT2D eigenvalue weighted by molar-refractivity contribution is 0.102. The molecule has 0 saturated carbocycles. The molecule has 2 aromatic carbocycles. The normalized spacial score (nSPS) is 11.0. The fourth-order valence-electron chi connectivity index (χ4n) is 2.63. The molecule has 1 N–H and O–H groups in total. The van der Waals surface area contributed by atoms with Crippen molar-refractivity contribution in [2.75, 3.05) is 12.4 Å². The maximum atomic E-state index is 12.7. The highest BCUT2D eigenvalue weighted by atomic mass is 35.5. The number of carbonyl (C=O) groups is 1. The number of hydrogen-bond donors (Lipinski definition) is 1. The molecule has 4 rings (SSSR count). The molecular weight excluding hydrogens is 421 g/mol. The molecule has 0 atom stereocenters. The number of aromatic nitrogens is 4. The van der Waals surface area contributed by atoms with Crippen molar-refractivity contribution in [3.63, 3.8) is 0 Å². The minimum absolute atomic E-state index is 0.268. The van der Waals surface area contributed by atoms with Gasteiger partial charge in [-0.15, -0.1) is 10.2 Å². The van der Waals surface area contributed by atoms with Crippen molar-refractivity contribution in [1.29, 1.82) is 0 Å². The number of benzene rings is 2. The van der Waals surface area contributed by atoms with Crippen molar-refractivity contribution in [2.45, 2.75) is 6.92 Å². The Kier molecular flexibility index (Phi) is 4.92. The van der Waals surface area contributed by atoms with Gasteiger partial charge in [0.05, 0.1) is 23.4 Å². The maximum absolute atomic E-state index is 12.7. The zero-order valence-electron chi connectivity index (χ0n) is 14.7. The van der Waals surface area contributed by atoms with E-state index in [1.165, 1.54) is 24.5 Å². The molecule has 142 valence electrons. The van der Waals surface area contributed by atoms with Crippen LogP contribution in [0.25, 0.3) is 15.5 Å². The average molecular weight is 434 g/mol. The summed E-state index contributed by atoms with van der Waals surface area (Å²) in [5, 5.41) is 16.9. The monoisotopic (exact) mass is 433 g/mol. The Morgan fingerprint density at radius 2 is 2.00 bits per heavy atom. The number of aryl methyl sites for hydroxylation is 1. The Morgan fingerprint density at radius 3 is 2.71 bits per heavy atom. The van der Waals surface area contributed by atoms with Crippen LogP contribution in [0.5, 0.6) is 5.75 Å². The van der Waals surface area contributed by atoms with Gasteiger partial charge in [0.25, 0.3) is 5.91 Å². The predicted molar refractivity (Wildman–Crippen MR) is 110 cm³/mol. The molecule has 0 aliphatic heterocycles. The first kappa shape index (κ1) is 18.7. The Bertz CT molecular complexity index is 1200. The van der Waals surface area contributed by atoms with E-state index in [-0.39, 0.29) is 10.9 Å². The van der Waals surface area contributed by atoms with Crippen molar-refractivity contribution in [3.8, 4) is 16.3 Å². The van der Waals surface area contributed by atoms with Crippen molar-refractivity contribution in [3.05, 3.63) is 57.8 Å². The summed E-state index contributed by atoms with van der Waals surface area (Å²) in [5.41, 5.74) is 1.62. The zero-order chi connectivity index (χ0) is 19.8. The summed E-state index contributed by atoms with van der Waals surface area (Å²) in [6, 6.07) is 10.1. The summed E-state index contributed by atoms with van der Waals surface area (Å²) in [4.78, 5) is 13.4. The lowest BCUT2D eigenvalue weighted by Crippen LogP contribution is -2.13. The number of anilines is 1. The number of hydrogen-bond acceptors (Lipinski definition) is 6. The van der Waals surface area contributed by atoms with Crippen LogP contribution in [0.2, 0.25) is 10.0 Å². The van der Waals surface area contributed by atoms with Gasteiger partial charge in [0.1, 0.15) is 10.8 Å². The Balaban J connectivity index is 1.69. The first-order chi connectivity index (χ1) is 13.5. The van der Waals surface area contributed by atoms with Gasteiger partial charge in [-0.1, -0.05) is 34.5 Å². The number of halogens is 2. The number of ether oxygens (including phenoxy) is 1. The molecule has 0 bridgehead atoms. The SMILES string of the molecule is COc1ccc(-c2nn3c(C)nnc3s2)cc1NC(=O)c1ccc(Cl)cc1Cl. The van der Waals surface area contributed by atoms with E-state index < -0.39 is 0 Å². The van der Waals surface area contributed by atoms with Crippen LogP contribution in [0.15, 0.2) is 36.4 Å². The fourth-order valence-corrected chi connectivity index (χ4v) is 4.01. The largest absolute Gasteiger partial charge is 0.495 e. The van der Waals surface area contributed by atoms with Crippen molar-refractivity contribution < 1.29 is 9.53 Å². The fraction of sp³-hybridized carbons (Fsp3) is 0.111. The van der Waals surface area contributed by atoms with E-state index in [2.05, 4.69) is 20.6 Å². The molecule has 7 nitrogen and oxygen atoms in total. The second-order valence-corrected chi connectivity index (χ2v) is 7.64. The first-order valence-corrected chi connectivity index (χ1v) is 9.67. The van der Waals surface area contributed by atoms with Gasteiger partial charge in [-0.3, -0.25) is 4.79 Å². The Labute approximate surface area is 173 Å². The lowest BCUT2D eigenvalue weighted by Gasteiger charge is -2.12. The van der Waals surface area contributed by atoms with Crippen LogP contribution in [0.4, 0.5) is 5.69 Å². The number of carbonyl (C=O) groups excluding carboxylic acids is 1. The highest BCUT2D eigenvalue weighted by molar-refractivity contribution is 7.19. The number of methoxy groups -OCH3 is 1. The van der Waals surface area contributed by atoms with Gasteiger partial charge in [0.2, 0.25) is 4.96 Å². The summed E-state index contributed by atoms with van der Waals surface area (Å²) in [7, 11) is 1.53. The number of amides is 1. The van der Waals surface area contributed by atoms with Crippen LogP contribution in [-0.4, -0.2) is 32.8 Å². The zero-order valence-corrected chi connectivity index (χ0v) is 17.1. The summed E-state index contributed by atoms with van der Waals surface area (Å²) < 4.78 is 7.05. The van der Waals surface area contributed by atoms with Crippen LogP contribution in [0.3, 0.4) is 0 Å². The molecule has 2 heterocycles. The molecule has 0 radical (unpaired) electrons. The van der Waals surface area contributed by atoms with Crippen molar-refractivity contribution in [2.24, 2.45) is 0 Å². The topological polar surface area (TPSA) is 81.4 Å².